The largest absolute Gasteiger partial charge is 0.333 e. The normalized spacial score (nSPS) is 17.0. The minimum absolute atomic E-state index is 0.0420. The lowest BCUT2D eigenvalue weighted by molar-refractivity contribution is -0.113. The monoisotopic (exact) mass is 358 g/mol. The van der Waals surface area contributed by atoms with E-state index in [1.807, 2.05) is 24.3 Å². The Morgan fingerprint density at radius 1 is 1.42 bits per heavy atom. The first-order valence-electron chi connectivity index (χ1n) is 8.03. The fourth-order valence-corrected chi connectivity index (χ4v) is 4.75. The maximum Gasteiger partial charge on any atom is 0.236 e. The molecule has 0 radical (unpaired) electrons. The number of nitrogens with zero attached hydrogens (tertiary/aromatic N) is 2. The quantitative estimate of drug-likeness (QED) is 0.695. The van der Waals surface area contributed by atoms with Crippen molar-refractivity contribution < 1.29 is 4.79 Å². The molecule has 0 saturated heterocycles. The van der Waals surface area contributed by atoms with Crippen molar-refractivity contribution in [3.8, 4) is 0 Å². The molecule has 2 aromatic heterocycles. The molecule has 1 amide bonds. The van der Waals surface area contributed by atoms with Crippen molar-refractivity contribution in [1.29, 1.82) is 0 Å². The molecule has 0 saturated carbocycles. The first-order chi connectivity index (χ1) is 11.7. The second kappa shape index (κ2) is 6.57. The first-order valence-corrected chi connectivity index (χ1v) is 9.83. The molecule has 1 unspecified atom stereocenters. The average Bonchev–Trinajstić information content (AvgIpc) is 3.15. The standard InChI is InChI=1S/C17H18N4OS2/c1-10-6-7-13-14(8-10)24-17(20-13)21-15(22)9-23-16-18-11-4-2-3-5-12(11)19-16/h2-5,10H,6-9H2,1H3,(H,18,19)(H,20,21,22). The van der Waals surface area contributed by atoms with Gasteiger partial charge in [0.25, 0.3) is 0 Å². The van der Waals surface area contributed by atoms with E-state index in [0.29, 0.717) is 11.7 Å². The van der Waals surface area contributed by atoms with Crippen LogP contribution in [0.1, 0.15) is 23.9 Å². The molecule has 1 aliphatic carbocycles. The number of imidazole rings is 1. The zero-order valence-electron chi connectivity index (χ0n) is 13.3. The summed E-state index contributed by atoms with van der Waals surface area (Å²) in [6, 6.07) is 7.85. The summed E-state index contributed by atoms with van der Waals surface area (Å²) < 4.78 is 0. The number of carbonyl (C=O) groups is 1. The summed E-state index contributed by atoms with van der Waals surface area (Å²) in [6.07, 6.45) is 3.29. The Balaban J connectivity index is 1.36. The minimum Gasteiger partial charge on any atom is -0.333 e. The van der Waals surface area contributed by atoms with Crippen molar-refractivity contribution in [2.24, 2.45) is 5.92 Å². The van der Waals surface area contributed by atoms with Crippen LogP contribution in [0.4, 0.5) is 5.13 Å². The van der Waals surface area contributed by atoms with Gasteiger partial charge in [0.15, 0.2) is 10.3 Å². The fraction of sp³-hybridized carbons (Fsp3) is 0.353. The maximum absolute atomic E-state index is 12.2. The Hall–Kier alpha value is -1.86. The Morgan fingerprint density at radius 2 is 2.29 bits per heavy atom. The molecule has 2 heterocycles. The van der Waals surface area contributed by atoms with E-state index >= 15 is 0 Å². The van der Waals surface area contributed by atoms with Crippen LogP contribution in [0.3, 0.4) is 0 Å². The van der Waals surface area contributed by atoms with E-state index in [-0.39, 0.29) is 5.91 Å². The third-order valence-electron chi connectivity index (χ3n) is 4.14. The molecule has 3 aromatic rings. The Labute approximate surface area is 148 Å². The van der Waals surface area contributed by atoms with E-state index < -0.39 is 0 Å². The van der Waals surface area contributed by atoms with Gasteiger partial charge in [-0.25, -0.2) is 9.97 Å². The smallest absolute Gasteiger partial charge is 0.236 e. The number of aryl methyl sites for hydroxylation is 1. The van der Waals surface area contributed by atoms with E-state index in [4.69, 9.17) is 0 Å². The van der Waals surface area contributed by atoms with Crippen molar-refractivity contribution in [2.45, 2.75) is 31.3 Å². The number of fused-ring (bicyclic) bond motifs is 2. The molecule has 2 N–H and O–H groups in total. The average molecular weight is 358 g/mol. The summed E-state index contributed by atoms with van der Waals surface area (Å²) >= 11 is 3.02. The highest BCUT2D eigenvalue weighted by Gasteiger charge is 2.20. The Kier molecular flexibility index (Phi) is 4.28. The molecule has 7 heteroatoms. The fourth-order valence-electron chi connectivity index (χ4n) is 2.88. The van der Waals surface area contributed by atoms with Crippen molar-refractivity contribution >= 4 is 45.2 Å². The number of thioether (sulfide) groups is 1. The van der Waals surface area contributed by atoms with Crippen LogP contribution in [0.5, 0.6) is 0 Å². The van der Waals surface area contributed by atoms with Crippen LogP contribution >= 0.6 is 23.1 Å². The van der Waals surface area contributed by atoms with Gasteiger partial charge in [-0.05, 0) is 37.3 Å². The third-order valence-corrected chi connectivity index (χ3v) is 6.05. The number of benzene rings is 1. The number of hydrogen-bond acceptors (Lipinski definition) is 5. The molecular weight excluding hydrogens is 340 g/mol. The molecular formula is C17H18N4OS2. The molecule has 1 aromatic carbocycles. The highest BCUT2D eigenvalue weighted by atomic mass is 32.2. The number of para-hydroxylation sites is 2. The van der Waals surface area contributed by atoms with E-state index in [9.17, 15) is 4.79 Å². The van der Waals surface area contributed by atoms with Gasteiger partial charge in [-0.1, -0.05) is 30.8 Å². The van der Waals surface area contributed by atoms with Crippen LogP contribution < -0.4 is 5.32 Å². The van der Waals surface area contributed by atoms with Gasteiger partial charge in [-0.15, -0.1) is 11.3 Å². The molecule has 0 aliphatic heterocycles. The first kappa shape index (κ1) is 15.7. The van der Waals surface area contributed by atoms with E-state index in [1.54, 1.807) is 11.3 Å². The van der Waals surface area contributed by atoms with Crippen LogP contribution in [0, 0.1) is 5.92 Å². The molecule has 1 atom stereocenters. The van der Waals surface area contributed by atoms with Crippen LogP contribution in [0.15, 0.2) is 29.4 Å². The highest BCUT2D eigenvalue weighted by molar-refractivity contribution is 7.99. The molecule has 0 fully saturated rings. The van der Waals surface area contributed by atoms with E-state index in [2.05, 4.69) is 27.2 Å². The summed E-state index contributed by atoms with van der Waals surface area (Å²) in [5.74, 6) is 0.991. The lowest BCUT2D eigenvalue weighted by Gasteiger charge is -2.15. The van der Waals surface area contributed by atoms with Gasteiger partial charge in [0.05, 0.1) is 22.5 Å². The van der Waals surface area contributed by atoms with Gasteiger partial charge < -0.3 is 10.3 Å². The van der Waals surface area contributed by atoms with Crippen molar-refractivity contribution in [3.63, 3.8) is 0 Å². The zero-order valence-corrected chi connectivity index (χ0v) is 15.0. The van der Waals surface area contributed by atoms with Crippen molar-refractivity contribution in [3.05, 3.63) is 34.8 Å². The van der Waals surface area contributed by atoms with Gasteiger partial charge >= 0.3 is 0 Å². The Bertz CT molecular complexity index is 853. The number of aromatic nitrogens is 3. The molecule has 1 aliphatic rings. The van der Waals surface area contributed by atoms with E-state index in [0.717, 1.165) is 34.2 Å². The number of hydrogen-bond donors (Lipinski definition) is 2. The van der Waals surface area contributed by atoms with Gasteiger partial charge in [0, 0.05) is 4.88 Å². The van der Waals surface area contributed by atoms with Gasteiger partial charge in [0.2, 0.25) is 5.91 Å². The van der Waals surface area contributed by atoms with Gasteiger partial charge in [-0.2, -0.15) is 0 Å². The number of aromatic amines is 1. The number of nitrogens with one attached hydrogen (secondary N) is 2. The SMILES string of the molecule is CC1CCc2nc(NC(=O)CSc3nc4ccccc4[nH]3)sc2C1. The topological polar surface area (TPSA) is 70.7 Å². The maximum atomic E-state index is 12.2. The van der Waals surface area contributed by atoms with Gasteiger partial charge in [-0.3, -0.25) is 4.79 Å². The van der Waals surface area contributed by atoms with Gasteiger partial charge in [0.1, 0.15) is 0 Å². The second-order valence-corrected chi connectivity index (χ2v) is 8.18. The lowest BCUT2D eigenvalue weighted by Crippen LogP contribution is -2.14. The van der Waals surface area contributed by atoms with Crippen LogP contribution in [0.2, 0.25) is 0 Å². The molecule has 124 valence electrons. The molecule has 0 spiro atoms. The third kappa shape index (κ3) is 3.32. The number of thiazole rings is 1. The predicted molar refractivity (Wildman–Crippen MR) is 98.8 cm³/mol. The van der Waals surface area contributed by atoms with E-state index in [1.165, 1.54) is 28.8 Å². The van der Waals surface area contributed by atoms with Crippen molar-refractivity contribution in [2.75, 3.05) is 11.1 Å². The predicted octanol–water partition coefficient (Wildman–Crippen LogP) is 3.88. The van der Waals surface area contributed by atoms with Crippen LogP contribution in [-0.4, -0.2) is 26.6 Å². The summed E-state index contributed by atoms with van der Waals surface area (Å²) in [7, 11) is 0. The summed E-state index contributed by atoms with van der Waals surface area (Å²) in [5.41, 5.74) is 3.07. The number of amides is 1. The van der Waals surface area contributed by atoms with Crippen molar-refractivity contribution in [1.82, 2.24) is 15.0 Å². The molecule has 5 nitrogen and oxygen atoms in total. The number of carbonyl (C=O) groups excluding carboxylic acids is 1. The van der Waals surface area contributed by atoms with Crippen LogP contribution in [0.25, 0.3) is 11.0 Å². The van der Waals surface area contributed by atoms with Crippen LogP contribution in [-0.2, 0) is 17.6 Å². The zero-order chi connectivity index (χ0) is 16.5. The molecule has 0 bridgehead atoms. The molecule has 24 heavy (non-hydrogen) atoms. The minimum atomic E-state index is -0.0420. The molecule has 4 rings (SSSR count). The number of anilines is 1. The number of H-pyrrole nitrogens is 1. The highest BCUT2D eigenvalue weighted by Crippen LogP contribution is 2.32. The summed E-state index contributed by atoms with van der Waals surface area (Å²) in [4.78, 5) is 25.8. The Morgan fingerprint density at radius 3 is 3.17 bits per heavy atom. The second-order valence-electron chi connectivity index (χ2n) is 6.13. The summed E-state index contributed by atoms with van der Waals surface area (Å²) in [5, 5.41) is 4.41. The number of rotatable bonds is 4. The lowest BCUT2D eigenvalue weighted by atomic mass is 9.93. The summed E-state index contributed by atoms with van der Waals surface area (Å²) in [6.45, 7) is 2.27.